The zero-order valence-electron chi connectivity index (χ0n) is 11.4. The minimum absolute atomic E-state index is 0.430. The monoisotopic (exact) mass is 321 g/mol. The Balaban J connectivity index is 2.00. The van der Waals surface area contributed by atoms with E-state index in [2.05, 4.69) is 39.1 Å². The Morgan fingerprint density at radius 2 is 1.94 bits per heavy atom. The average molecular weight is 320 g/mol. The minimum atomic E-state index is -1.81. The first-order chi connectivity index (χ1) is 7.97. The topological polar surface area (TPSA) is 0 Å². The van der Waals surface area contributed by atoms with Crippen molar-refractivity contribution in [3.63, 3.8) is 0 Å². The molecule has 2 unspecified atom stereocenters. The summed E-state index contributed by atoms with van der Waals surface area (Å²) in [5, 5.41) is 0. The predicted molar refractivity (Wildman–Crippen MR) is 72.8 cm³/mol. The number of hydrogen-bond donors (Lipinski definition) is 0. The molecule has 3 rings (SSSR count). The van der Waals surface area contributed by atoms with E-state index in [0.717, 1.165) is 6.05 Å². The van der Waals surface area contributed by atoms with Gasteiger partial charge < -0.3 is 0 Å². The van der Waals surface area contributed by atoms with Crippen LogP contribution in [0.3, 0.4) is 0 Å². The van der Waals surface area contributed by atoms with Crippen LogP contribution in [0, 0.1) is 0 Å². The molecular formula is C15H20Sn. The Morgan fingerprint density at radius 1 is 1.25 bits per heavy atom. The summed E-state index contributed by atoms with van der Waals surface area (Å²) in [6.07, 6.45) is 1.19. The molecule has 0 radical (unpaired) electrons. The van der Waals surface area contributed by atoms with Gasteiger partial charge in [-0.25, -0.2) is 0 Å². The van der Waals surface area contributed by atoms with Gasteiger partial charge in [0.25, 0.3) is 0 Å². The van der Waals surface area contributed by atoms with Gasteiger partial charge in [-0.05, 0) is 0 Å². The van der Waals surface area contributed by atoms with E-state index in [1.807, 2.05) is 0 Å². The van der Waals surface area contributed by atoms with Crippen molar-refractivity contribution in [1.29, 1.82) is 0 Å². The van der Waals surface area contributed by atoms with Gasteiger partial charge in [-0.3, -0.25) is 0 Å². The molecule has 1 aromatic rings. The van der Waals surface area contributed by atoms with Crippen LogP contribution in [0.25, 0.3) is 0 Å². The summed E-state index contributed by atoms with van der Waals surface area (Å²) in [5.74, 6) is 1.03. The first-order valence-corrected chi connectivity index (χ1v) is 16.8. The number of benzene rings is 1. The summed E-state index contributed by atoms with van der Waals surface area (Å²) in [7, 11) is 0. The molecule has 0 amide bonds. The summed E-state index contributed by atoms with van der Waals surface area (Å²) < 4.78 is 9.68. The second kappa shape index (κ2) is 3.63. The fourth-order valence-corrected chi connectivity index (χ4v) is 7.43. The van der Waals surface area contributed by atoms with Crippen LogP contribution in [0.5, 0.6) is 0 Å². The van der Waals surface area contributed by atoms with Crippen LogP contribution in [0.4, 0.5) is 0 Å². The van der Waals surface area contributed by atoms with Gasteiger partial charge in [-0.2, -0.15) is 0 Å². The van der Waals surface area contributed by atoms with E-state index < -0.39 is 18.4 Å². The average Bonchev–Trinajstić information content (AvgIpc) is 2.75. The van der Waals surface area contributed by atoms with Crippen LogP contribution < -0.4 is 0 Å². The Morgan fingerprint density at radius 3 is 2.62 bits per heavy atom. The fourth-order valence-electron chi connectivity index (χ4n) is 3.17. The zero-order valence-corrected chi connectivity index (χ0v) is 13.2. The third-order valence-electron chi connectivity index (χ3n) is 3.72. The molecule has 0 nitrogen and oxygen atoms in total. The van der Waals surface area contributed by atoms with E-state index in [1.165, 1.54) is 27.6 Å². The molecule has 0 saturated carbocycles. The van der Waals surface area contributed by atoms with Crippen LogP contribution in [-0.4, -0.2) is 18.4 Å². The van der Waals surface area contributed by atoms with Gasteiger partial charge >= 0.3 is 104 Å². The molecule has 2 aliphatic carbocycles. The van der Waals surface area contributed by atoms with Gasteiger partial charge in [-0.1, -0.05) is 0 Å². The van der Waals surface area contributed by atoms with Crippen LogP contribution in [0.15, 0.2) is 35.9 Å². The van der Waals surface area contributed by atoms with Crippen LogP contribution >= 0.6 is 0 Å². The molecule has 0 spiro atoms. The molecule has 84 valence electrons. The summed E-state index contributed by atoms with van der Waals surface area (Å²) in [6, 6.07) is 9.76. The summed E-state index contributed by atoms with van der Waals surface area (Å²) >= 11 is -1.81. The molecule has 1 aromatic carbocycles. The molecule has 0 saturated heterocycles. The maximum absolute atomic E-state index is 8.40. The van der Waals surface area contributed by atoms with E-state index in [4.69, 9.17) is 1.37 Å². The quantitative estimate of drug-likeness (QED) is 0.554. The van der Waals surface area contributed by atoms with Crippen LogP contribution in [-0.2, 0) is 0 Å². The fraction of sp³-hybridized carbons (Fsp3) is 0.467. The molecule has 0 heterocycles. The SMILES string of the molecule is [2H]C1=C([CH2][Sn]([CH3])([CH3])[CH3])C2CC1c1ccccc12. The molecule has 0 N–H and O–H groups in total. The molecule has 0 aliphatic heterocycles. The van der Waals surface area contributed by atoms with Gasteiger partial charge in [0.15, 0.2) is 0 Å². The van der Waals surface area contributed by atoms with E-state index in [1.54, 1.807) is 0 Å². The Kier molecular flexibility index (Phi) is 2.21. The van der Waals surface area contributed by atoms with Crippen molar-refractivity contribution in [2.45, 2.75) is 37.5 Å². The molecule has 0 fully saturated rings. The zero-order chi connectivity index (χ0) is 12.2. The summed E-state index contributed by atoms with van der Waals surface area (Å²) in [6.45, 7) is 0. The van der Waals surface area contributed by atoms with Gasteiger partial charge in [0.1, 0.15) is 0 Å². The third kappa shape index (κ3) is 1.75. The third-order valence-corrected chi connectivity index (χ3v) is 7.83. The molecule has 0 aromatic heterocycles. The summed E-state index contributed by atoms with van der Waals surface area (Å²) in [5.41, 5.74) is 4.46. The Labute approximate surface area is 104 Å². The van der Waals surface area contributed by atoms with Crippen molar-refractivity contribution in [3.05, 3.63) is 47.0 Å². The normalized spacial score (nSPS) is 28.3. The second-order valence-corrected chi connectivity index (χ2v) is 22.0. The van der Waals surface area contributed by atoms with Crippen molar-refractivity contribution in [3.8, 4) is 0 Å². The molecule has 1 heteroatoms. The van der Waals surface area contributed by atoms with Crippen molar-refractivity contribution < 1.29 is 1.37 Å². The summed E-state index contributed by atoms with van der Waals surface area (Å²) in [4.78, 5) is 7.44. The first kappa shape index (κ1) is 9.75. The van der Waals surface area contributed by atoms with Gasteiger partial charge in [0, 0.05) is 0 Å². The molecule has 2 bridgehead atoms. The van der Waals surface area contributed by atoms with E-state index in [0.29, 0.717) is 11.8 Å². The van der Waals surface area contributed by atoms with Crippen molar-refractivity contribution in [2.75, 3.05) is 0 Å². The number of fused-ring (bicyclic) bond motifs is 5. The molecular weight excluding hydrogens is 299 g/mol. The molecule has 2 aliphatic rings. The van der Waals surface area contributed by atoms with Crippen LogP contribution in [0.2, 0.25) is 19.3 Å². The van der Waals surface area contributed by atoms with Gasteiger partial charge in [0.05, 0.1) is 0 Å². The first-order valence-electron chi connectivity index (χ1n) is 6.76. The van der Waals surface area contributed by atoms with Gasteiger partial charge in [-0.15, -0.1) is 0 Å². The van der Waals surface area contributed by atoms with E-state index in [9.17, 15) is 0 Å². The number of allylic oxidation sites excluding steroid dienone is 2. The maximum atomic E-state index is 8.40. The van der Waals surface area contributed by atoms with E-state index in [-0.39, 0.29) is 0 Å². The van der Waals surface area contributed by atoms with Gasteiger partial charge in [0.2, 0.25) is 0 Å². The standard InChI is InChI=1S/C12H11.3CH3.Sn/c1-8-6-9-7-12(8)11-5-3-2-4-10(9)11;;;;/h2-6,9,12H,1,7H2;3*1H3;/i6D;;;;. The van der Waals surface area contributed by atoms with Crippen molar-refractivity contribution >= 4 is 18.4 Å². The van der Waals surface area contributed by atoms with E-state index >= 15 is 0 Å². The number of rotatable bonds is 2. The Hall–Kier alpha value is -0.241. The predicted octanol–water partition coefficient (Wildman–Crippen LogP) is 4.54. The van der Waals surface area contributed by atoms with Crippen molar-refractivity contribution in [2.24, 2.45) is 0 Å². The number of hydrogen-bond acceptors (Lipinski definition) is 0. The Bertz CT molecular complexity index is 496. The second-order valence-electron chi connectivity index (χ2n) is 6.38. The molecule has 2 atom stereocenters. The van der Waals surface area contributed by atoms with Crippen molar-refractivity contribution in [1.82, 2.24) is 0 Å². The van der Waals surface area contributed by atoms with Crippen LogP contribution in [0.1, 0.15) is 30.8 Å². The molecule has 16 heavy (non-hydrogen) atoms.